The van der Waals surface area contributed by atoms with Crippen LogP contribution in [0.5, 0.6) is 0 Å². The van der Waals surface area contributed by atoms with Crippen molar-refractivity contribution in [3.8, 4) is 0 Å². The van der Waals surface area contributed by atoms with Crippen molar-refractivity contribution in [2.45, 2.75) is 26.7 Å². The highest BCUT2D eigenvalue weighted by Crippen LogP contribution is 2.34. The Balaban J connectivity index is 2.17. The first-order chi connectivity index (χ1) is 9.84. The van der Waals surface area contributed by atoms with E-state index in [1.54, 1.807) is 30.9 Å². The maximum Gasteiger partial charge on any atom is 0.309 e. The van der Waals surface area contributed by atoms with Crippen molar-refractivity contribution in [2.24, 2.45) is 11.3 Å². The molecule has 21 heavy (non-hydrogen) atoms. The second-order valence-electron chi connectivity index (χ2n) is 6.06. The number of nitrogens with two attached hydrogens (primary N) is 1. The summed E-state index contributed by atoms with van der Waals surface area (Å²) in [5.41, 5.74) is 5.53. The lowest BCUT2D eigenvalue weighted by molar-refractivity contribution is -0.151. The summed E-state index contributed by atoms with van der Waals surface area (Å²) in [7, 11) is 0. The average Bonchev–Trinajstić information content (AvgIpc) is 2.47. The van der Waals surface area contributed by atoms with Gasteiger partial charge in [0.1, 0.15) is 0 Å². The van der Waals surface area contributed by atoms with Crippen LogP contribution in [0.15, 0.2) is 18.3 Å². The van der Waals surface area contributed by atoms with Gasteiger partial charge in [0.05, 0.1) is 11.1 Å². The molecule has 3 N–H and O–H groups in total. The molecular formula is C15H21N3O3. The van der Waals surface area contributed by atoms with E-state index in [-0.39, 0.29) is 17.5 Å². The third kappa shape index (κ3) is 2.99. The Morgan fingerprint density at radius 1 is 1.48 bits per heavy atom. The van der Waals surface area contributed by atoms with Crippen LogP contribution in [0.3, 0.4) is 0 Å². The first-order valence-corrected chi connectivity index (χ1v) is 7.07. The SMILES string of the molecule is CC(C)(C(=O)O)C1CCCN(C(=O)c2ncccc2N)C1. The second kappa shape index (κ2) is 5.71. The van der Waals surface area contributed by atoms with Crippen molar-refractivity contribution in [2.75, 3.05) is 18.8 Å². The topological polar surface area (TPSA) is 96.5 Å². The number of amides is 1. The highest BCUT2D eigenvalue weighted by molar-refractivity contribution is 5.97. The molecule has 1 aliphatic heterocycles. The van der Waals surface area contributed by atoms with Gasteiger partial charge in [-0.05, 0) is 44.7 Å². The minimum absolute atomic E-state index is 0.0716. The van der Waals surface area contributed by atoms with E-state index in [0.29, 0.717) is 18.8 Å². The number of hydrogen-bond acceptors (Lipinski definition) is 4. The van der Waals surface area contributed by atoms with Crippen LogP contribution >= 0.6 is 0 Å². The number of hydrogen-bond donors (Lipinski definition) is 2. The van der Waals surface area contributed by atoms with Gasteiger partial charge >= 0.3 is 5.97 Å². The molecule has 6 nitrogen and oxygen atoms in total. The van der Waals surface area contributed by atoms with Crippen molar-refractivity contribution in [3.05, 3.63) is 24.0 Å². The smallest absolute Gasteiger partial charge is 0.309 e. The molecule has 1 unspecified atom stereocenters. The Morgan fingerprint density at radius 2 is 2.19 bits per heavy atom. The zero-order chi connectivity index (χ0) is 15.6. The first-order valence-electron chi connectivity index (χ1n) is 7.07. The molecule has 1 fully saturated rings. The van der Waals surface area contributed by atoms with Crippen LogP contribution in [0.2, 0.25) is 0 Å². The number of carbonyl (C=O) groups is 2. The number of nitrogen functional groups attached to an aromatic ring is 1. The van der Waals surface area contributed by atoms with Gasteiger partial charge in [0.25, 0.3) is 5.91 Å². The van der Waals surface area contributed by atoms with Gasteiger partial charge in [-0.25, -0.2) is 4.98 Å². The standard InChI is InChI=1S/C15H21N3O3/c1-15(2,14(20)21)10-5-4-8-18(9-10)13(19)12-11(16)6-3-7-17-12/h3,6-7,10H,4-5,8-9,16H2,1-2H3,(H,20,21). The molecule has 2 heterocycles. The summed E-state index contributed by atoms with van der Waals surface area (Å²) in [5, 5.41) is 9.34. The lowest BCUT2D eigenvalue weighted by atomic mass is 9.74. The fraction of sp³-hybridized carbons (Fsp3) is 0.533. The van der Waals surface area contributed by atoms with Crippen molar-refractivity contribution in [1.82, 2.24) is 9.88 Å². The quantitative estimate of drug-likeness (QED) is 0.882. The molecule has 0 bridgehead atoms. The van der Waals surface area contributed by atoms with Gasteiger partial charge in [-0.1, -0.05) is 0 Å². The summed E-state index contributed by atoms with van der Waals surface area (Å²) in [5.74, 6) is -1.13. The number of anilines is 1. The number of aromatic nitrogens is 1. The summed E-state index contributed by atoms with van der Waals surface area (Å²) in [6, 6.07) is 3.32. The van der Waals surface area contributed by atoms with Crippen LogP contribution in [-0.4, -0.2) is 40.0 Å². The van der Waals surface area contributed by atoms with Gasteiger partial charge in [-0.2, -0.15) is 0 Å². The maximum atomic E-state index is 12.5. The van der Waals surface area contributed by atoms with Crippen molar-refractivity contribution < 1.29 is 14.7 Å². The summed E-state index contributed by atoms with van der Waals surface area (Å²) in [6.07, 6.45) is 3.13. The largest absolute Gasteiger partial charge is 0.481 e. The molecule has 1 saturated heterocycles. The molecule has 6 heteroatoms. The Hall–Kier alpha value is -2.11. The Kier molecular flexibility index (Phi) is 4.16. The normalized spacial score (nSPS) is 19.3. The van der Waals surface area contributed by atoms with Crippen molar-refractivity contribution in [1.29, 1.82) is 0 Å². The number of likely N-dealkylation sites (tertiary alicyclic amines) is 1. The number of pyridine rings is 1. The van der Waals surface area contributed by atoms with Crippen LogP contribution in [0.1, 0.15) is 37.2 Å². The summed E-state index contributed by atoms with van der Waals surface area (Å²) in [4.78, 5) is 29.6. The molecule has 0 saturated carbocycles. The summed E-state index contributed by atoms with van der Waals surface area (Å²) >= 11 is 0. The number of carboxylic acids is 1. The molecule has 1 amide bonds. The van der Waals surface area contributed by atoms with Gasteiger partial charge in [0.15, 0.2) is 5.69 Å². The van der Waals surface area contributed by atoms with E-state index in [4.69, 9.17) is 5.73 Å². The number of carbonyl (C=O) groups excluding carboxylic acids is 1. The van der Waals surface area contributed by atoms with Gasteiger partial charge < -0.3 is 15.7 Å². The Morgan fingerprint density at radius 3 is 2.81 bits per heavy atom. The van der Waals surface area contributed by atoms with E-state index in [9.17, 15) is 14.7 Å². The summed E-state index contributed by atoms with van der Waals surface area (Å²) in [6.45, 7) is 4.46. The second-order valence-corrected chi connectivity index (χ2v) is 6.06. The van der Waals surface area contributed by atoms with Crippen LogP contribution in [0.25, 0.3) is 0 Å². The molecule has 0 radical (unpaired) electrons. The molecule has 0 aliphatic carbocycles. The molecule has 114 valence electrons. The number of piperidine rings is 1. The van der Waals surface area contributed by atoms with Crippen LogP contribution in [-0.2, 0) is 4.79 Å². The number of rotatable bonds is 3. The molecule has 1 atom stereocenters. The van der Waals surface area contributed by atoms with E-state index in [0.717, 1.165) is 12.8 Å². The van der Waals surface area contributed by atoms with Gasteiger partial charge in [-0.15, -0.1) is 0 Å². The third-order valence-corrected chi connectivity index (χ3v) is 4.32. The lowest BCUT2D eigenvalue weighted by Crippen LogP contribution is -2.47. The van der Waals surface area contributed by atoms with Crippen LogP contribution in [0, 0.1) is 11.3 Å². The van der Waals surface area contributed by atoms with E-state index < -0.39 is 11.4 Å². The predicted octanol–water partition coefficient (Wildman–Crippen LogP) is 1.63. The molecule has 2 rings (SSSR count). The molecule has 1 aromatic heterocycles. The fourth-order valence-electron chi connectivity index (χ4n) is 2.67. The van der Waals surface area contributed by atoms with E-state index >= 15 is 0 Å². The minimum atomic E-state index is -0.853. The first kappa shape index (κ1) is 15.3. The number of nitrogens with zero attached hydrogens (tertiary/aromatic N) is 2. The maximum absolute atomic E-state index is 12.5. The van der Waals surface area contributed by atoms with E-state index in [1.807, 2.05) is 0 Å². The van der Waals surface area contributed by atoms with Gasteiger partial charge in [-0.3, -0.25) is 9.59 Å². The minimum Gasteiger partial charge on any atom is -0.481 e. The zero-order valence-corrected chi connectivity index (χ0v) is 12.4. The Labute approximate surface area is 124 Å². The summed E-state index contributed by atoms with van der Waals surface area (Å²) < 4.78 is 0. The zero-order valence-electron chi connectivity index (χ0n) is 12.4. The molecule has 1 aliphatic rings. The highest BCUT2D eigenvalue weighted by Gasteiger charge is 2.40. The predicted molar refractivity (Wildman–Crippen MR) is 78.7 cm³/mol. The highest BCUT2D eigenvalue weighted by atomic mass is 16.4. The third-order valence-electron chi connectivity index (χ3n) is 4.32. The van der Waals surface area contributed by atoms with Crippen molar-refractivity contribution >= 4 is 17.6 Å². The fourth-order valence-corrected chi connectivity index (χ4v) is 2.67. The van der Waals surface area contributed by atoms with Crippen LogP contribution < -0.4 is 5.73 Å². The van der Waals surface area contributed by atoms with E-state index in [1.165, 1.54) is 6.20 Å². The number of aliphatic carboxylic acids is 1. The Bertz CT molecular complexity index is 557. The average molecular weight is 291 g/mol. The molecular weight excluding hydrogens is 270 g/mol. The molecule has 1 aromatic rings. The number of carboxylic acid groups (broad SMARTS) is 1. The van der Waals surface area contributed by atoms with Crippen LogP contribution in [0.4, 0.5) is 5.69 Å². The molecule has 0 aromatic carbocycles. The molecule has 0 spiro atoms. The monoisotopic (exact) mass is 291 g/mol. The van der Waals surface area contributed by atoms with Gasteiger partial charge in [0, 0.05) is 19.3 Å². The van der Waals surface area contributed by atoms with Crippen molar-refractivity contribution in [3.63, 3.8) is 0 Å². The van der Waals surface area contributed by atoms with Gasteiger partial charge in [0.2, 0.25) is 0 Å². The lowest BCUT2D eigenvalue weighted by Gasteiger charge is -2.39. The van der Waals surface area contributed by atoms with E-state index in [2.05, 4.69) is 4.98 Å².